The Labute approximate surface area is 107 Å². The van der Waals surface area contributed by atoms with E-state index in [1.54, 1.807) is 0 Å². The van der Waals surface area contributed by atoms with Crippen LogP contribution in [0.2, 0.25) is 0 Å². The molecule has 0 aliphatic rings. The molecule has 0 saturated heterocycles. The Hall–Kier alpha value is -1.49. The van der Waals surface area contributed by atoms with E-state index in [0.717, 1.165) is 24.5 Å². The van der Waals surface area contributed by atoms with Gasteiger partial charge in [0.05, 0.1) is 6.20 Å². The summed E-state index contributed by atoms with van der Waals surface area (Å²) in [5.41, 5.74) is 2.33. The molecule has 0 fully saturated rings. The highest BCUT2D eigenvalue weighted by Crippen LogP contribution is 2.11. The zero-order valence-electron chi connectivity index (χ0n) is 10.3. The molecule has 5 nitrogen and oxygen atoms in total. The third kappa shape index (κ3) is 3.23. The number of aromatic nitrogens is 4. The minimum atomic E-state index is 0. The first-order valence-corrected chi connectivity index (χ1v) is 5.44. The van der Waals surface area contributed by atoms with Crippen LogP contribution >= 0.6 is 12.4 Å². The lowest BCUT2D eigenvalue weighted by Crippen LogP contribution is -2.01. The van der Waals surface area contributed by atoms with Gasteiger partial charge in [0.1, 0.15) is 0 Å². The average Bonchev–Trinajstić information content (AvgIpc) is 2.82. The molecule has 94 valence electrons. The van der Waals surface area contributed by atoms with Crippen molar-refractivity contribution in [3.8, 4) is 0 Å². The third-order valence-corrected chi connectivity index (χ3v) is 2.48. The van der Waals surface area contributed by atoms with Crippen LogP contribution in [-0.4, -0.2) is 19.6 Å². The molecule has 2 aromatic heterocycles. The molecule has 0 aromatic carbocycles. The van der Waals surface area contributed by atoms with Crippen molar-refractivity contribution in [2.24, 2.45) is 7.05 Å². The topological polar surface area (TPSA) is 47.7 Å². The fourth-order valence-electron chi connectivity index (χ4n) is 1.64. The number of anilines is 1. The molecular weight excluding hydrogens is 238 g/mol. The van der Waals surface area contributed by atoms with E-state index in [1.165, 1.54) is 5.56 Å². The molecule has 0 aliphatic carbocycles. The Bertz CT molecular complexity index is 474. The van der Waals surface area contributed by atoms with Gasteiger partial charge < -0.3 is 5.32 Å². The van der Waals surface area contributed by atoms with E-state index in [0.29, 0.717) is 0 Å². The highest BCUT2D eigenvalue weighted by molar-refractivity contribution is 5.85. The molecule has 0 bridgehead atoms. The second-order valence-corrected chi connectivity index (χ2v) is 3.89. The Balaban J connectivity index is 0.00000144. The molecule has 1 N–H and O–H groups in total. The number of nitrogens with zero attached hydrogens (tertiary/aromatic N) is 4. The van der Waals surface area contributed by atoms with Gasteiger partial charge in [-0.3, -0.25) is 9.36 Å². The zero-order chi connectivity index (χ0) is 11.5. The third-order valence-electron chi connectivity index (χ3n) is 2.48. The summed E-state index contributed by atoms with van der Waals surface area (Å²) < 4.78 is 3.73. The van der Waals surface area contributed by atoms with Crippen LogP contribution in [0.25, 0.3) is 0 Å². The fraction of sp³-hybridized carbons (Fsp3) is 0.455. The van der Waals surface area contributed by atoms with Crippen LogP contribution in [0.15, 0.2) is 18.6 Å². The normalized spacial score (nSPS) is 10.1. The van der Waals surface area contributed by atoms with Gasteiger partial charge in [-0.25, -0.2) is 0 Å². The van der Waals surface area contributed by atoms with E-state index < -0.39 is 0 Å². The van der Waals surface area contributed by atoms with Gasteiger partial charge in [-0.15, -0.1) is 12.4 Å². The SMILES string of the molecule is CCn1cc(CNc2nn(C)cc2C)cn1.Cl. The lowest BCUT2D eigenvalue weighted by Gasteiger charge is -2.01. The predicted molar refractivity (Wildman–Crippen MR) is 70.4 cm³/mol. The molecule has 0 amide bonds. The number of halogens is 1. The Morgan fingerprint density at radius 1 is 1.35 bits per heavy atom. The summed E-state index contributed by atoms with van der Waals surface area (Å²) in [5.74, 6) is 0.937. The van der Waals surface area contributed by atoms with Gasteiger partial charge in [-0.05, 0) is 13.8 Å². The van der Waals surface area contributed by atoms with E-state index in [2.05, 4.69) is 22.4 Å². The highest BCUT2D eigenvalue weighted by Gasteiger charge is 2.03. The van der Waals surface area contributed by atoms with Gasteiger partial charge in [0.25, 0.3) is 0 Å². The van der Waals surface area contributed by atoms with Crippen molar-refractivity contribution in [3.63, 3.8) is 0 Å². The van der Waals surface area contributed by atoms with Crippen LogP contribution in [-0.2, 0) is 20.1 Å². The number of hydrogen-bond donors (Lipinski definition) is 1. The van der Waals surface area contributed by atoms with Crippen molar-refractivity contribution in [1.82, 2.24) is 19.6 Å². The Kier molecular flexibility index (Phi) is 4.57. The van der Waals surface area contributed by atoms with Crippen LogP contribution in [0.1, 0.15) is 18.1 Å². The smallest absolute Gasteiger partial charge is 0.151 e. The lowest BCUT2D eigenvalue weighted by molar-refractivity contribution is 0.659. The summed E-state index contributed by atoms with van der Waals surface area (Å²) in [6.07, 6.45) is 5.93. The maximum Gasteiger partial charge on any atom is 0.151 e. The van der Waals surface area contributed by atoms with Crippen LogP contribution in [0.4, 0.5) is 5.82 Å². The second-order valence-electron chi connectivity index (χ2n) is 3.89. The maximum absolute atomic E-state index is 4.33. The van der Waals surface area contributed by atoms with Gasteiger partial charge in [0.2, 0.25) is 0 Å². The summed E-state index contributed by atoms with van der Waals surface area (Å²) in [7, 11) is 1.92. The van der Waals surface area contributed by atoms with E-state index >= 15 is 0 Å². The molecule has 0 radical (unpaired) electrons. The van der Waals surface area contributed by atoms with Crippen molar-refractivity contribution in [2.45, 2.75) is 26.9 Å². The number of nitrogens with one attached hydrogen (secondary N) is 1. The molecular formula is C11H18ClN5. The minimum Gasteiger partial charge on any atom is -0.364 e. The number of aryl methyl sites for hydroxylation is 3. The van der Waals surface area contributed by atoms with Crippen molar-refractivity contribution >= 4 is 18.2 Å². The summed E-state index contributed by atoms with van der Waals surface area (Å²) in [5, 5.41) is 11.9. The van der Waals surface area contributed by atoms with E-state index in [1.807, 2.05) is 41.9 Å². The van der Waals surface area contributed by atoms with Crippen molar-refractivity contribution < 1.29 is 0 Å². The van der Waals surface area contributed by atoms with E-state index in [4.69, 9.17) is 0 Å². The molecule has 2 aromatic rings. The first kappa shape index (κ1) is 13.6. The minimum absolute atomic E-state index is 0. The molecule has 0 aliphatic heterocycles. The molecule has 17 heavy (non-hydrogen) atoms. The first-order chi connectivity index (χ1) is 7.69. The van der Waals surface area contributed by atoms with Crippen LogP contribution in [0.5, 0.6) is 0 Å². The quantitative estimate of drug-likeness (QED) is 0.909. The van der Waals surface area contributed by atoms with Crippen molar-refractivity contribution in [3.05, 3.63) is 29.7 Å². The summed E-state index contributed by atoms with van der Waals surface area (Å²) >= 11 is 0. The second kappa shape index (κ2) is 5.72. The van der Waals surface area contributed by atoms with Gasteiger partial charge in [-0.1, -0.05) is 0 Å². The van der Waals surface area contributed by atoms with Crippen LogP contribution < -0.4 is 5.32 Å². The lowest BCUT2D eigenvalue weighted by atomic mass is 10.3. The fourth-order valence-corrected chi connectivity index (χ4v) is 1.64. The summed E-state index contributed by atoms with van der Waals surface area (Å²) in [4.78, 5) is 0. The summed E-state index contributed by atoms with van der Waals surface area (Å²) in [6.45, 7) is 5.79. The maximum atomic E-state index is 4.33. The molecule has 0 unspecified atom stereocenters. The van der Waals surface area contributed by atoms with Gasteiger partial charge in [0.15, 0.2) is 5.82 Å². The van der Waals surface area contributed by atoms with Crippen molar-refractivity contribution in [1.29, 1.82) is 0 Å². The largest absolute Gasteiger partial charge is 0.364 e. The monoisotopic (exact) mass is 255 g/mol. The van der Waals surface area contributed by atoms with E-state index in [9.17, 15) is 0 Å². The molecule has 0 atom stereocenters. The number of hydrogen-bond acceptors (Lipinski definition) is 3. The number of rotatable bonds is 4. The molecule has 2 rings (SSSR count). The van der Waals surface area contributed by atoms with Crippen molar-refractivity contribution in [2.75, 3.05) is 5.32 Å². The highest BCUT2D eigenvalue weighted by atomic mass is 35.5. The Morgan fingerprint density at radius 3 is 2.65 bits per heavy atom. The van der Waals surface area contributed by atoms with Gasteiger partial charge in [0, 0.05) is 43.7 Å². The Morgan fingerprint density at radius 2 is 2.12 bits per heavy atom. The standard InChI is InChI=1S/C11H17N5.ClH/c1-4-16-8-10(6-13-16)5-12-11-9(2)7-15(3)14-11;/h6-8H,4-5H2,1-3H3,(H,12,14);1H. The first-order valence-electron chi connectivity index (χ1n) is 5.44. The van der Waals surface area contributed by atoms with E-state index in [-0.39, 0.29) is 12.4 Å². The molecule has 0 saturated carbocycles. The molecule has 0 spiro atoms. The van der Waals surface area contributed by atoms with Gasteiger partial charge >= 0.3 is 0 Å². The average molecular weight is 256 g/mol. The summed E-state index contributed by atoms with van der Waals surface area (Å²) in [6, 6.07) is 0. The van der Waals surface area contributed by atoms with Crippen LogP contribution in [0, 0.1) is 6.92 Å². The predicted octanol–water partition coefficient (Wildman–Crippen LogP) is 1.98. The zero-order valence-corrected chi connectivity index (χ0v) is 11.2. The van der Waals surface area contributed by atoms with Crippen LogP contribution in [0.3, 0.4) is 0 Å². The molecule has 6 heteroatoms. The molecule has 2 heterocycles. The van der Waals surface area contributed by atoms with Gasteiger partial charge in [-0.2, -0.15) is 10.2 Å².